The van der Waals surface area contributed by atoms with Gasteiger partial charge in [-0.2, -0.15) is 0 Å². The minimum atomic E-state index is -0.120. The molecule has 5 rings (SSSR count). The van der Waals surface area contributed by atoms with Gasteiger partial charge in [0.15, 0.2) is 0 Å². The molecule has 0 saturated heterocycles. The molecule has 6 heteroatoms. The third-order valence-electron chi connectivity index (χ3n) is 5.26. The van der Waals surface area contributed by atoms with Gasteiger partial charge in [-0.3, -0.25) is 9.36 Å². The van der Waals surface area contributed by atoms with Crippen LogP contribution in [0.15, 0.2) is 71.8 Å². The van der Waals surface area contributed by atoms with E-state index in [0.29, 0.717) is 18.3 Å². The van der Waals surface area contributed by atoms with E-state index in [9.17, 15) is 4.79 Å². The molecule has 0 aliphatic heterocycles. The van der Waals surface area contributed by atoms with Crippen molar-refractivity contribution in [3.8, 4) is 11.4 Å². The summed E-state index contributed by atoms with van der Waals surface area (Å²) >= 11 is 0. The molecule has 1 fully saturated rings. The van der Waals surface area contributed by atoms with Crippen LogP contribution in [0.1, 0.15) is 35.7 Å². The number of fused-ring (bicyclic) bond motifs is 1. The first-order chi connectivity index (χ1) is 13.7. The van der Waals surface area contributed by atoms with E-state index in [2.05, 4.69) is 11.3 Å². The predicted molar refractivity (Wildman–Crippen MR) is 116 cm³/mol. The summed E-state index contributed by atoms with van der Waals surface area (Å²) in [6, 6.07) is 17.2. The normalized spacial score (nSPS) is 13.3. The van der Waals surface area contributed by atoms with E-state index in [0.717, 1.165) is 22.6 Å². The quantitative estimate of drug-likeness (QED) is 0.483. The number of pyridine rings is 2. The highest BCUT2D eigenvalue weighted by Crippen LogP contribution is 2.41. The van der Waals surface area contributed by atoms with Gasteiger partial charge in [-0.05, 0) is 43.5 Å². The Bertz CT molecular complexity index is 1210. The van der Waals surface area contributed by atoms with E-state index >= 15 is 0 Å². The van der Waals surface area contributed by atoms with Crippen molar-refractivity contribution in [3.63, 3.8) is 0 Å². The molecule has 1 aliphatic rings. The van der Waals surface area contributed by atoms with Gasteiger partial charge in [-0.1, -0.05) is 30.3 Å². The van der Waals surface area contributed by atoms with E-state index in [4.69, 9.17) is 9.72 Å². The molecule has 3 aromatic heterocycles. The third-order valence-corrected chi connectivity index (χ3v) is 5.26. The Morgan fingerprint density at radius 3 is 2.62 bits per heavy atom. The largest absolute Gasteiger partial charge is 0.489 e. The molecular formula is C23H22ClN3O2. The van der Waals surface area contributed by atoms with Crippen molar-refractivity contribution in [2.24, 2.45) is 0 Å². The molecule has 0 amide bonds. The molecule has 5 nitrogen and oxygen atoms in total. The zero-order valence-corrected chi connectivity index (χ0v) is 16.9. The first-order valence-electron chi connectivity index (χ1n) is 9.57. The molecule has 29 heavy (non-hydrogen) atoms. The minimum absolute atomic E-state index is 0. The van der Waals surface area contributed by atoms with Crippen LogP contribution in [0.2, 0.25) is 0 Å². The summed E-state index contributed by atoms with van der Waals surface area (Å²) in [5, 5.41) is 0. The SMILES string of the molecule is Cc1c(C2CC2)nc2ccc(-n3ccc(OCc4ccccc4)cc3=O)cn12.Cl. The maximum absolute atomic E-state index is 12.7. The molecule has 0 atom stereocenters. The number of hydrogen-bond donors (Lipinski definition) is 0. The Balaban J connectivity index is 0.00000205. The molecule has 0 bridgehead atoms. The van der Waals surface area contributed by atoms with Gasteiger partial charge in [0.05, 0.1) is 11.4 Å². The van der Waals surface area contributed by atoms with Gasteiger partial charge < -0.3 is 9.14 Å². The second-order valence-electron chi connectivity index (χ2n) is 7.32. The van der Waals surface area contributed by atoms with Crippen LogP contribution in [0.25, 0.3) is 11.3 Å². The lowest BCUT2D eigenvalue weighted by atomic mass is 10.2. The van der Waals surface area contributed by atoms with Gasteiger partial charge in [0.1, 0.15) is 18.0 Å². The van der Waals surface area contributed by atoms with Gasteiger partial charge in [-0.25, -0.2) is 4.98 Å². The zero-order valence-electron chi connectivity index (χ0n) is 16.1. The Morgan fingerprint density at radius 2 is 1.90 bits per heavy atom. The van der Waals surface area contributed by atoms with E-state index in [1.807, 2.05) is 54.7 Å². The van der Waals surface area contributed by atoms with E-state index in [-0.39, 0.29) is 18.0 Å². The number of aromatic nitrogens is 3. The van der Waals surface area contributed by atoms with Crippen molar-refractivity contribution in [2.75, 3.05) is 0 Å². The molecule has 0 N–H and O–H groups in total. The molecule has 148 valence electrons. The van der Waals surface area contributed by atoms with Gasteiger partial charge in [0.25, 0.3) is 5.56 Å². The highest BCUT2D eigenvalue weighted by atomic mass is 35.5. The van der Waals surface area contributed by atoms with Crippen molar-refractivity contribution < 1.29 is 4.74 Å². The van der Waals surface area contributed by atoms with Crippen LogP contribution >= 0.6 is 12.4 Å². The fourth-order valence-corrected chi connectivity index (χ4v) is 3.56. The molecule has 0 radical (unpaired) electrons. The van der Waals surface area contributed by atoms with Crippen LogP contribution in [0.4, 0.5) is 0 Å². The number of ether oxygens (including phenoxy) is 1. The number of rotatable bonds is 5. The Hall–Kier alpha value is -3.05. The summed E-state index contributed by atoms with van der Waals surface area (Å²) in [6.45, 7) is 2.54. The molecule has 0 unspecified atom stereocenters. The minimum Gasteiger partial charge on any atom is -0.489 e. The van der Waals surface area contributed by atoms with Crippen molar-refractivity contribution >= 4 is 18.1 Å². The third kappa shape index (κ3) is 3.78. The number of aryl methyl sites for hydroxylation is 1. The van der Waals surface area contributed by atoms with E-state index < -0.39 is 0 Å². The molecule has 3 heterocycles. The molecular weight excluding hydrogens is 386 g/mol. The number of hydrogen-bond acceptors (Lipinski definition) is 3. The van der Waals surface area contributed by atoms with Crippen LogP contribution < -0.4 is 10.3 Å². The van der Waals surface area contributed by atoms with E-state index in [1.54, 1.807) is 10.8 Å². The lowest BCUT2D eigenvalue weighted by Gasteiger charge is -2.10. The lowest BCUT2D eigenvalue weighted by molar-refractivity contribution is 0.305. The van der Waals surface area contributed by atoms with Gasteiger partial charge >= 0.3 is 0 Å². The fourth-order valence-electron chi connectivity index (χ4n) is 3.56. The molecule has 0 spiro atoms. The second-order valence-corrected chi connectivity index (χ2v) is 7.32. The van der Waals surface area contributed by atoms with E-state index in [1.165, 1.54) is 24.6 Å². The molecule has 1 aliphatic carbocycles. The van der Waals surface area contributed by atoms with Crippen molar-refractivity contribution in [2.45, 2.75) is 32.3 Å². The maximum atomic E-state index is 12.7. The zero-order chi connectivity index (χ0) is 19.1. The van der Waals surface area contributed by atoms with Gasteiger partial charge in [0, 0.05) is 30.1 Å². The highest BCUT2D eigenvalue weighted by Gasteiger charge is 2.28. The topological polar surface area (TPSA) is 48.5 Å². The summed E-state index contributed by atoms with van der Waals surface area (Å²) in [5.41, 5.74) is 5.04. The van der Waals surface area contributed by atoms with Crippen LogP contribution in [0.3, 0.4) is 0 Å². The smallest absolute Gasteiger partial charge is 0.258 e. The fraction of sp³-hybridized carbons (Fsp3) is 0.217. The van der Waals surface area contributed by atoms with Crippen LogP contribution in [0.5, 0.6) is 5.75 Å². The summed E-state index contributed by atoms with van der Waals surface area (Å²) in [6.07, 6.45) is 6.19. The standard InChI is InChI=1S/C23H21N3O2.ClH/c1-16-23(18-7-8-18)24-21-10-9-19(14-26(16)21)25-12-11-20(13-22(25)27)28-15-17-5-3-2-4-6-17;/h2-6,9-14,18H,7-8,15H2,1H3;1H. The Morgan fingerprint density at radius 1 is 1.10 bits per heavy atom. The van der Waals surface area contributed by atoms with Crippen LogP contribution in [-0.2, 0) is 6.61 Å². The average molecular weight is 408 g/mol. The molecule has 1 aromatic carbocycles. The summed E-state index contributed by atoms with van der Waals surface area (Å²) in [5.74, 6) is 1.17. The van der Waals surface area contributed by atoms with Crippen LogP contribution in [0, 0.1) is 6.92 Å². The van der Waals surface area contributed by atoms with Crippen molar-refractivity contribution in [1.29, 1.82) is 0 Å². The van der Waals surface area contributed by atoms with Crippen molar-refractivity contribution in [3.05, 3.63) is 94.3 Å². The summed E-state index contributed by atoms with van der Waals surface area (Å²) in [4.78, 5) is 17.4. The highest BCUT2D eigenvalue weighted by molar-refractivity contribution is 5.85. The Labute approximate surface area is 175 Å². The number of imidazole rings is 1. The van der Waals surface area contributed by atoms with Crippen molar-refractivity contribution in [1.82, 2.24) is 14.0 Å². The Kier molecular flexibility index (Phi) is 5.16. The number of benzene rings is 1. The van der Waals surface area contributed by atoms with Gasteiger partial charge in [0.2, 0.25) is 0 Å². The van der Waals surface area contributed by atoms with Crippen LogP contribution in [-0.4, -0.2) is 14.0 Å². The monoisotopic (exact) mass is 407 g/mol. The number of halogens is 1. The number of nitrogens with zero attached hydrogens (tertiary/aromatic N) is 3. The van der Waals surface area contributed by atoms with Gasteiger partial charge in [-0.15, -0.1) is 12.4 Å². The summed E-state index contributed by atoms with van der Waals surface area (Å²) < 4.78 is 9.47. The lowest BCUT2D eigenvalue weighted by Crippen LogP contribution is -2.17. The first kappa shape index (κ1) is 19.3. The average Bonchev–Trinajstić information content (AvgIpc) is 3.51. The first-order valence-corrected chi connectivity index (χ1v) is 9.57. The second kappa shape index (κ2) is 7.76. The molecule has 4 aromatic rings. The predicted octanol–water partition coefficient (Wildman–Crippen LogP) is 4.67. The molecule has 1 saturated carbocycles. The maximum Gasteiger partial charge on any atom is 0.258 e. The summed E-state index contributed by atoms with van der Waals surface area (Å²) in [7, 11) is 0.